The van der Waals surface area contributed by atoms with Gasteiger partial charge in [-0.1, -0.05) is 0 Å². The quantitative estimate of drug-likeness (QED) is 0.924. The van der Waals surface area contributed by atoms with Crippen molar-refractivity contribution >= 4 is 15.9 Å². The average molecular weight is 322 g/mol. The van der Waals surface area contributed by atoms with Crippen LogP contribution >= 0.6 is 15.9 Å². The van der Waals surface area contributed by atoms with Gasteiger partial charge in [-0.3, -0.25) is 4.57 Å². The van der Waals surface area contributed by atoms with E-state index in [9.17, 15) is 13.2 Å². The highest BCUT2D eigenvalue weighted by molar-refractivity contribution is 9.10. The smallest absolute Gasteiger partial charge is 0.388 e. The van der Waals surface area contributed by atoms with Crippen molar-refractivity contribution in [3.63, 3.8) is 0 Å². The summed E-state index contributed by atoms with van der Waals surface area (Å²) in [7, 11) is 0. The fraction of sp³-hybridized carbons (Fsp3) is 0.200. The molecular formula is C10H7BrF3N3O. The molecule has 18 heavy (non-hydrogen) atoms. The Morgan fingerprint density at radius 2 is 2.06 bits per heavy atom. The van der Waals surface area contributed by atoms with Crippen LogP contribution in [0.3, 0.4) is 0 Å². The Kier molecular flexibility index (Phi) is 3.40. The van der Waals surface area contributed by atoms with Crippen LogP contribution in [0, 0.1) is 0 Å². The number of rotatable bonds is 2. The zero-order chi connectivity index (χ0) is 13.3. The van der Waals surface area contributed by atoms with Crippen LogP contribution < -0.4 is 0 Å². The van der Waals surface area contributed by atoms with Crippen LogP contribution in [0.1, 0.15) is 11.4 Å². The van der Waals surface area contributed by atoms with Gasteiger partial charge in [0.1, 0.15) is 12.9 Å². The first-order valence-electron chi connectivity index (χ1n) is 4.80. The Morgan fingerprint density at radius 1 is 1.33 bits per heavy atom. The molecule has 0 unspecified atom stereocenters. The van der Waals surface area contributed by atoms with E-state index in [4.69, 9.17) is 5.11 Å². The molecular weight excluding hydrogens is 315 g/mol. The van der Waals surface area contributed by atoms with Crippen molar-refractivity contribution in [2.75, 3.05) is 0 Å². The lowest BCUT2D eigenvalue weighted by molar-refractivity contribution is -0.137. The number of halogens is 4. The van der Waals surface area contributed by atoms with Gasteiger partial charge in [0.2, 0.25) is 0 Å². The number of hydrogen-bond acceptors (Lipinski definition) is 3. The first-order valence-corrected chi connectivity index (χ1v) is 5.59. The van der Waals surface area contributed by atoms with E-state index in [0.717, 1.165) is 12.1 Å². The highest BCUT2D eigenvalue weighted by Crippen LogP contribution is 2.33. The topological polar surface area (TPSA) is 50.9 Å². The van der Waals surface area contributed by atoms with Crippen LogP contribution in [0.25, 0.3) is 5.69 Å². The first-order chi connectivity index (χ1) is 8.43. The predicted octanol–water partition coefficient (Wildman–Crippen LogP) is 2.54. The monoisotopic (exact) mass is 321 g/mol. The van der Waals surface area contributed by atoms with Gasteiger partial charge in [0.15, 0.2) is 5.82 Å². The minimum absolute atomic E-state index is 0.162. The lowest BCUT2D eigenvalue weighted by Crippen LogP contribution is -2.07. The minimum atomic E-state index is -4.43. The molecule has 0 aliphatic carbocycles. The summed E-state index contributed by atoms with van der Waals surface area (Å²) in [5, 5.41) is 16.2. The molecule has 0 aliphatic rings. The number of benzene rings is 1. The Morgan fingerprint density at radius 3 is 2.67 bits per heavy atom. The van der Waals surface area contributed by atoms with Crippen molar-refractivity contribution in [1.29, 1.82) is 0 Å². The SMILES string of the molecule is OCc1nncn1-c1cc(C(F)(F)F)ccc1Br. The maximum atomic E-state index is 12.6. The van der Waals surface area contributed by atoms with E-state index in [2.05, 4.69) is 26.1 Å². The highest BCUT2D eigenvalue weighted by atomic mass is 79.9. The molecule has 0 fully saturated rings. The van der Waals surface area contributed by atoms with Crippen molar-refractivity contribution in [3.8, 4) is 5.69 Å². The molecule has 2 aromatic rings. The molecule has 0 atom stereocenters. The van der Waals surface area contributed by atoms with Crippen LogP contribution in [-0.2, 0) is 12.8 Å². The molecule has 96 valence electrons. The summed E-state index contributed by atoms with van der Waals surface area (Å²) in [6.07, 6.45) is -3.19. The number of nitrogens with zero attached hydrogens (tertiary/aromatic N) is 3. The maximum Gasteiger partial charge on any atom is 0.416 e. The van der Waals surface area contributed by atoms with Crippen LogP contribution in [0.15, 0.2) is 29.0 Å². The normalized spacial score (nSPS) is 11.8. The Hall–Kier alpha value is -1.41. The lowest BCUT2D eigenvalue weighted by Gasteiger charge is -2.12. The molecule has 0 saturated carbocycles. The second-order valence-electron chi connectivity index (χ2n) is 3.44. The average Bonchev–Trinajstić information content (AvgIpc) is 2.76. The Bertz CT molecular complexity index is 568. The van der Waals surface area contributed by atoms with Gasteiger partial charge in [0.05, 0.1) is 11.3 Å². The first kappa shape index (κ1) is 13.0. The lowest BCUT2D eigenvalue weighted by atomic mass is 10.2. The third kappa shape index (κ3) is 2.39. The summed E-state index contributed by atoms with van der Waals surface area (Å²) in [5.74, 6) is 0.162. The summed E-state index contributed by atoms with van der Waals surface area (Å²) in [6, 6.07) is 3.22. The van der Waals surface area contributed by atoms with Crippen molar-refractivity contribution in [3.05, 3.63) is 40.4 Å². The van der Waals surface area contributed by atoms with Gasteiger partial charge in [-0.25, -0.2) is 0 Å². The van der Waals surface area contributed by atoms with Gasteiger partial charge < -0.3 is 5.11 Å². The molecule has 1 heterocycles. The maximum absolute atomic E-state index is 12.6. The zero-order valence-corrected chi connectivity index (χ0v) is 10.4. The summed E-state index contributed by atoms with van der Waals surface area (Å²) in [6.45, 7) is -0.414. The van der Waals surface area contributed by atoms with Crippen LogP contribution in [-0.4, -0.2) is 19.9 Å². The summed E-state index contributed by atoms with van der Waals surface area (Å²) in [5.41, 5.74) is -0.558. The number of aliphatic hydroxyl groups is 1. The molecule has 8 heteroatoms. The fourth-order valence-electron chi connectivity index (χ4n) is 1.44. The molecule has 1 aromatic carbocycles. The molecule has 0 radical (unpaired) electrons. The van der Waals surface area contributed by atoms with E-state index in [-0.39, 0.29) is 11.5 Å². The van der Waals surface area contributed by atoms with Crippen molar-refractivity contribution in [1.82, 2.24) is 14.8 Å². The van der Waals surface area contributed by atoms with E-state index in [1.54, 1.807) is 0 Å². The van der Waals surface area contributed by atoms with E-state index >= 15 is 0 Å². The number of hydrogen-bond donors (Lipinski definition) is 1. The van der Waals surface area contributed by atoms with Crippen LogP contribution in [0.5, 0.6) is 0 Å². The van der Waals surface area contributed by atoms with Gasteiger partial charge in [-0.15, -0.1) is 10.2 Å². The Labute approximate surface area is 108 Å². The highest BCUT2D eigenvalue weighted by Gasteiger charge is 2.31. The molecule has 4 nitrogen and oxygen atoms in total. The number of alkyl halides is 3. The van der Waals surface area contributed by atoms with E-state index < -0.39 is 18.3 Å². The third-order valence-electron chi connectivity index (χ3n) is 2.29. The van der Waals surface area contributed by atoms with Gasteiger partial charge in [-0.2, -0.15) is 13.2 Å². The van der Waals surface area contributed by atoms with E-state index in [1.807, 2.05) is 0 Å². The largest absolute Gasteiger partial charge is 0.416 e. The standard InChI is InChI=1S/C10H7BrF3N3O/c11-7-2-1-6(10(12,13)14)3-8(7)17-5-15-16-9(17)4-18/h1-3,5,18H,4H2. The molecule has 0 saturated heterocycles. The number of aliphatic hydroxyl groups excluding tert-OH is 1. The molecule has 0 bridgehead atoms. The summed E-state index contributed by atoms with van der Waals surface area (Å²) < 4.78 is 39.6. The van der Waals surface area contributed by atoms with Gasteiger partial charge in [0, 0.05) is 4.47 Å². The predicted molar refractivity (Wildman–Crippen MR) is 60.0 cm³/mol. The van der Waals surface area contributed by atoms with Crippen LogP contribution in [0.2, 0.25) is 0 Å². The molecule has 1 aromatic heterocycles. The van der Waals surface area contributed by atoms with Gasteiger partial charge in [-0.05, 0) is 34.1 Å². The minimum Gasteiger partial charge on any atom is -0.388 e. The van der Waals surface area contributed by atoms with E-state index in [0.29, 0.717) is 4.47 Å². The van der Waals surface area contributed by atoms with E-state index in [1.165, 1.54) is 17.0 Å². The third-order valence-corrected chi connectivity index (χ3v) is 2.96. The summed E-state index contributed by atoms with van der Waals surface area (Å²) in [4.78, 5) is 0. The molecule has 0 spiro atoms. The van der Waals surface area contributed by atoms with Gasteiger partial charge >= 0.3 is 6.18 Å². The number of aromatic nitrogens is 3. The molecule has 2 rings (SSSR count). The molecule has 0 amide bonds. The molecule has 0 aliphatic heterocycles. The second-order valence-corrected chi connectivity index (χ2v) is 4.29. The van der Waals surface area contributed by atoms with Gasteiger partial charge in [0.25, 0.3) is 0 Å². The Balaban J connectivity index is 2.57. The van der Waals surface area contributed by atoms with Crippen LogP contribution in [0.4, 0.5) is 13.2 Å². The van der Waals surface area contributed by atoms with Crippen molar-refractivity contribution < 1.29 is 18.3 Å². The van der Waals surface area contributed by atoms with Crippen molar-refractivity contribution in [2.24, 2.45) is 0 Å². The van der Waals surface area contributed by atoms with Crippen molar-refractivity contribution in [2.45, 2.75) is 12.8 Å². The summed E-state index contributed by atoms with van der Waals surface area (Å²) >= 11 is 3.16. The fourth-order valence-corrected chi connectivity index (χ4v) is 1.88. The second kappa shape index (κ2) is 4.69. The molecule has 1 N–H and O–H groups in total. The zero-order valence-electron chi connectivity index (χ0n) is 8.82.